The Hall–Kier alpha value is -0.940. The Morgan fingerprint density at radius 2 is 2.17 bits per heavy atom. The molecule has 2 N–H and O–H groups in total. The molecule has 5 heteroatoms. The quantitative estimate of drug-likeness (QED) is 0.424. The van der Waals surface area contributed by atoms with E-state index >= 15 is 0 Å². The summed E-state index contributed by atoms with van der Waals surface area (Å²) in [4.78, 5) is 22.3. The molecule has 0 radical (unpaired) electrons. The number of Topliss-reactive ketones (excluding diaryl/α,β-unsaturated/α-hetero) is 1. The predicted molar refractivity (Wildman–Crippen MR) is 39.3 cm³/mol. The summed E-state index contributed by atoms with van der Waals surface area (Å²) in [5.74, 6) is -0.871. The van der Waals surface area contributed by atoms with Crippen molar-refractivity contribution in [2.45, 2.75) is 0 Å². The molecule has 0 amide bonds. The highest BCUT2D eigenvalue weighted by Crippen LogP contribution is 2.29. The molecule has 0 atom stereocenters. The van der Waals surface area contributed by atoms with Gasteiger partial charge in [-0.05, 0) is 0 Å². The molecule has 1 saturated heterocycles. The molecule has 1 rings (SSSR count). The van der Waals surface area contributed by atoms with Gasteiger partial charge in [-0.1, -0.05) is 0 Å². The van der Waals surface area contributed by atoms with E-state index in [0.717, 1.165) is 0 Å². The minimum Gasteiger partial charge on any atom is -0.468 e. The van der Waals surface area contributed by atoms with Gasteiger partial charge >= 0.3 is 5.97 Å². The van der Waals surface area contributed by atoms with Crippen molar-refractivity contribution in [3.05, 3.63) is 0 Å². The lowest BCUT2D eigenvalue weighted by atomic mass is 9.81. The Morgan fingerprint density at radius 1 is 1.58 bits per heavy atom. The van der Waals surface area contributed by atoms with Gasteiger partial charge in [0.2, 0.25) is 0 Å². The number of carbonyl (C=O) groups excluding carboxylic acids is 2. The van der Waals surface area contributed by atoms with Gasteiger partial charge in [-0.15, -0.1) is 0 Å². The van der Waals surface area contributed by atoms with Gasteiger partial charge in [-0.2, -0.15) is 0 Å². The Balaban J connectivity index is 2.75. The van der Waals surface area contributed by atoms with Gasteiger partial charge in [-0.3, -0.25) is 9.59 Å². The molecule has 1 aliphatic heterocycles. The van der Waals surface area contributed by atoms with Crippen molar-refractivity contribution in [1.82, 2.24) is 0 Å². The second kappa shape index (κ2) is 3.20. The van der Waals surface area contributed by atoms with Crippen LogP contribution in [0.1, 0.15) is 0 Å². The molecule has 0 aliphatic carbocycles. The second-order valence-electron chi connectivity index (χ2n) is 2.69. The van der Waals surface area contributed by atoms with E-state index in [1.807, 2.05) is 0 Å². The van der Waals surface area contributed by atoms with Crippen molar-refractivity contribution in [1.29, 1.82) is 0 Å². The fourth-order valence-electron chi connectivity index (χ4n) is 1.09. The van der Waals surface area contributed by atoms with Crippen LogP contribution in [0.4, 0.5) is 0 Å². The third-order valence-corrected chi connectivity index (χ3v) is 1.99. The molecule has 1 aliphatic rings. The standard InChI is InChI=1S/C7H11NO4/c1-11-6(10)7(3-12-4-7)5(9)2-8/h2-4,8H2,1H3. The summed E-state index contributed by atoms with van der Waals surface area (Å²) in [7, 11) is 1.24. The van der Waals surface area contributed by atoms with Crippen molar-refractivity contribution in [3.63, 3.8) is 0 Å². The minimum absolute atomic E-state index is 0.0930. The highest BCUT2D eigenvalue weighted by atomic mass is 16.5. The Labute approximate surface area is 69.8 Å². The number of methoxy groups -OCH3 is 1. The zero-order valence-electron chi connectivity index (χ0n) is 6.83. The van der Waals surface area contributed by atoms with Gasteiger partial charge < -0.3 is 15.2 Å². The maximum absolute atomic E-state index is 11.2. The predicted octanol–water partition coefficient (Wildman–Crippen LogP) is -1.30. The van der Waals surface area contributed by atoms with Crippen LogP contribution < -0.4 is 5.73 Å². The molecule has 0 unspecified atom stereocenters. The first-order chi connectivity index (χ1) is 5.67. The van der Waals surface area contributed by atoms with Crippen molar-refractivity contribution in [2.75, 3.05) is 26.9 Å². The molecule has 0 aromatic rings. The minimum atomic E-state index is -1.11. The van der Waals surface area contributed by atoms with E-state index in [-0.39, 0.29) is 25.5 Å². The molecule has 68 valence electrons. The van der Waals surface area contributed by atoms with Crippen molar-refractivity contribution >= 4 is 11.8 Å². The maximum atomic E-state index is 11.2. The third-order valence-electron chi connectivity index (χ3n) is 1.99. The number of carbonyl (C=O) groups is 2. The van der Waals surface area contributed by atoms with Crippen LogP contribution in [0.5, 0.6) is 0 Å². The zero-order chi connectivity index (χ0) is 9.19. The number of ether oxygens (including phenoxy) is 2. The van der Waals surface area contributed by atoms with Crippen LogP contribution >= 0.6 is 0 Å². The first kappa shape index (κ1) is 9.15. The average Bonchev–Trinajstić information content (AvgIpc) is 2.01. The summed E-state index contributed by atoms with van der Waals surface area (Å²) in [6.45, 7) is 0.0316. The van der Waals surface area contributed by atoms with E-state index in [1.165, 1.54) is 7.11 Å². The van der Waals surface area contributed by atoms with Crippen LogP contribution in [0.25, 0.3) is 0 Å². The lowest BCUT2D eigenvalue weighted by molar-refractivity contribution is -0.186. The van der Waals surface area contributed by atoms with Crippen LogP contribution in [0.3, 0.4) is 0 Å². The molecule has 5 nitrogen and oxygen atoms in total. The molecule has 0 spiro atoms. The molecular weight excluding hydrogens is 162 g/mol. The fourth-order valence-corrected chi connectivity index (χ4v) is 1.09. The lowest BCUT2D eigenvalue weighted by Crippen LogP contribution is -2.57. The van der Waals surface area contributed by atoms with Gasteiger partial charge in [0.05, 0.1) is 26.9 Å². The summed E-state index contributed by atoms with van der Waals surface area (Å²) >= 11 is 0. The van der Waals surface area contributed by atoms with Crippen LogP contribution in [-0.2, 0) is 19.1 Å². The van der Waals surface area contributed by atoms with E-state index in [9.17, 15) is 9.59 Å². The summed E-state index contributed by atoms with van der Waals surface area (Å²) in [5.41, 5.74) is 4.04. The monoisotopic (exact) mass is 173 g/mol. The van der Waals surface area contributed by atoms with Crippen molar-refractivity contribution in [2.24, 2.45) is 11.1 Å². The maximum Gasteiger partial charge on any atom is 0.324 e. The normalized spacial score (nSPS) is 19.5. The molecule has 0 saturated carbocycles. The first-order valence-corrected chi connectivity index (χ1v) is 3.57. The van der Waals surface area contributed by atoms with Gasteiger partial charge in [0.1, 0.15) is 0 Å². The molecule has 0 aromatic heterocycles. The largest absolute Gasteiger partial charge is 0.468 e. The van der Waals surface area contributed by atoms with Gasteiger partial charge in [0, 0.05) is 0 Å². The molecule has 1 fully saturated rings. The average molecular weight is 173 g/mol. The summed E-state index contributed by atoms with van der Waals surface area (Å²) in [5, 5.41) is 0. The number of hydrogen-bond acceptors (Lipinski definition) is 5. The Bertz CT molecular complexity index is 191. The van der Waals surface area contributed by atoms with Crippen LogP contribution in [0.2, 0.25) is 0 Å². The van der Waals surface area contributed by atoms with Crippen molar-refractivity contribution in [3.8, 4) is 0 Å². The van der Waals surface area contributed by atoms with E-state index in [0.29, 0.717) is 0 Å². The number of esters is 1. The van der Waals surface area contributed by atoms with Crippen LogP contribution in [0.15, 0.2) is 0 Å². The van der Waals surface area contributed by atoms with E-state index in [4.69, 9.17) is 10.5 Å². The number of rotatable bonds is 3. The Kier molecular flexibility index (Phi) is 2.44. The first-order valence-electron chi connectivity index (χ1n) is 3.57. The fraction of sp³-hybridized carbons (Fsp3) is 0.714. The van der Waals surface area contributed by atoms with E-state index in [2.05, 4.69) is 4.74 Å². The second-order valence-corrected chi connectivity index (χ2v) is 2.69. The van der Waals surface area contributed by atoms with Gasteiger partial charge in [0.15, 0.2) is 11.2 Å². The number of hydrogen-bond donors (Lipinski definition) is 1. The SMILES string of the molecule is COC(=O)C1(C(=O)CN)COC1. The Morgan fingerprint density at radius 3 is 2.42 bits per heavy atom. The highest BCUT2D eigenvalue weighted by Gasteiger charge is 2.52. The zero-order valence-corrected chi connectivity index (χ0v) is 6.83. The molecular formula is C7H11NO4. The van der Waals surface area contributed by atoms with Crippen molar-refractivity contribution < 1.29 is 19.1 Å². The number of nitrogens with two attached hydrogens (primary N) is 1. The molecule has 0 aromatic carbocycles. The smallest absolute Gasteiger partial charge is 0.324 e. The summed E-state index contributed by atoms with van der Waals surface area (Å²) in [6, 6.07) is 0. The third kappa shape index (κ3) is 1.11. The lowest BCUT2D eigenvalue weighted by Gasteiger charge is -2.36. The summed E-state index contributed by atoms with van der Waals surface area (Å²) < 4.78 is 9.29. The topological polar surface area (TPSA) is 78.6 Å². The van der Waals surface area contributed by atoms with Gasteiger partial charge in [0.25, 0.3) is 0 Å². The van der Waals surface area contributed by atoms with Crippen LogP contribution in [-0.4, -0.2) is 38.6 Å². The highest BCUT2D eigenvalue weighted by molar-refractivity contribution is 6.05. The van der Waals surface area contributed by atoms with E-state index in [1.54, 1.807) is 0 Å². The molecule has 12 heavy (non-hydrogen) atoms. The summed E-state index contributed by atoms with van der Waals surface area (Å²) in [6.07, 6.45) is 0. The molecule has 0 bridgehead atoms. The molecule has 1 heterocycles. The van der Waals surface area contributed by atoms with Gasteiger partial charge in [-0.25, -0.2) is 0 Å². The number of ketones is 1. The van der Waals surface area contributed by atoms with Crippen LogP contribution in [0, 0.1) is 5.41 Å². The van der Waals surface area contributed by atoms with E-state index < -0.39 is 11.4 Å².